The highest BCUT2D eigenvalue weighted by Gasteiger charge is 2.13. The van der Waals surface area contributed by atoms with E-state index in [4.69, 9.17) is 4.74 Å². The molecule has 0 aliphatic rings. The van der Waals surface area contributed by atoms with Crippen LogP contribution >= 0.6 is 0 Å². The minimum Gasteiger partial charge on any atom is -0.488 e. The molecule has 5 heteroatoms. The van der Waals surface area contributed by atoms with Crippen LogP contribution in [-0.2, 0) is 11.3 Å². The molecule has 0 bridgehead atoms. The van der Waals surface area contributed by atoms with E-state index in [9.17, 15) is 10.1 Å². The zero-order valence-corrected chi connectivity index (χ0v) is 11.9. The van der Waals surface area contributed by atoms with Crippen molar-refractivity contribution in [2.75, 3.05) is 0 Å². The van der Waals surface area contributed by atoms with Gasteiger partial charge in [0.25, 0.3) is 5.09 Å². The van der Waals surface area contributed by atoms with Gasteiger partial charge in [0, 0.05) is 0 Å². The van der Waals surface area contributed by atoms with Gasteiger partial charge in [-0.25, -0.2) is 0 Å². The van der Waals surface area contributed by atoms with Crippen LogP contribution in [0.25, 0.3) is 0 Å². The molecular weight excluding hydrogens is 246 g/mol. The number of benzene rings is 1. The fraction of sp³-hybridized carbons (Fsp3) is 0.571. The fourth-order valence-electron chi connectivity index (χ4n) is 1.69. The summed E-state index contributed by atoms with van der Waals surface area (Å²) in [6.45, 7) is 7.82. The maximum absolute atomic E-state index is 10.3. The Labute approximate surface area is 113 Å². The van der Waals surface area contributed by atoms with Gasteiger partial charge in [0.15, 0.2) is 0 Å². The van der Waals surface area contributed by atoms with E-state index in [1.807, 2.05) is 52.0 Å². The SMILES string of the molecule is CCC(Cc1ccc(OC(C)(C)C)cc1)O[N+](=O)[O-]. The molecule has 0 aromatic heterocycles. The van der Waals surface area contributed by atoms with Gasteiger partial charge in [-0.15, -0.1) is 10.1 Å². The highest BCUT2D eigenvalue weighted by Crippen LogP contribution is 2.19. The second kappa shape index (κ2) is 6.41. The monoisotopic (exact) mass is 267 g/mol. The van der Waals surface area contributed by atoms with E-state index in [1.54, 1.807) is 0 Å². The average Bonchev–Trinajstić information content (AvgIpc) is 2.28. The molecule has 19 heavy (non-hydrogen) atoms. The van der Waals surface area contributed by atoms with Crippen LogP contribution in [0.1, 0.15) is 39.7 Å². The molecule has 0 amide bonds. The first-order chi connectivity index (χ1) is 8.80. The summed E-state index contributed by atoms with van der Waals surface area (Å²) in [6, 6.07) is 7.57. The summed E-state index contributed by atoms with van der Waals surface area (Å²) in [4.78, 5) is 14.9. The van der Waals surface area contributed by atoms with Crippen molar-refractivity contribution in [1.82, 2.24) is 0 Å². The highest BCUT2D eigenvalue weighted by atomic mass is 17.0. The Bertz CT molecular complexity index is 408. The second-order valence-electron chi connectivity index (χ2n) is 5.42. The molecule has 0 saturated heterocycles. The standard InChI is InChI=1S/C14H21NO4/c1-5-12(19-15(16)17)10-11-6-8-13(9-7-11)18-14(2,3)4/h6-9,12H,5,10H2,1-4H3. The summed E-state index contributed by atoms with van der Waals surface area (Å²) in [5, 5.41) is 9.60. The van der Waals surface area contributed by atoms with Gasteiger partial charge in [-0.3, -0.25) is 0 Å². The third-order valence-corrected chi connectivity index (χ3v) is 2.50. The fourth-order valence-corrected chi connectivity index (χ4v) is 1.69. The minimum absolute atomic E-state index is 0.234. The van der Waals surface area contributed by atoms with Crippen LogP contribution in [-0.4, -0.2) is 16.8 Å². The van der Waals surface area contributed by atoms with Gasteiger partial charge in [0.1, 0.15) is 17.5 Å². The second-order valence-corrected chi connectivity index (χ2v) is 5.42. The van der Waals surface area contributed by atoms with Gasteiger partial charge in [0.2, 0.25) is 0 Å². The first kappa shape index (κ1) is 15.3. The Morgan fingerprint density at radius 3 is 2.26 bits per heavy atom. The van der Waals surface area contributed by atoms with Crippen LogP contribution in [0.15, 0.2) is 24.3 Å². The van der Waals surface area contributed by atoms with Crippen molar-refractivity contribution in [2.24, 2.45) is 0 Å². The number of nitrogens with zero attached hydrogens (tertiary/aromatic N) is 1. The van der Waals surface area contributed by atoms with E-state index in [1.165, 1.54) is 0 Å². The maximum atomic E-state index is 10.3. The molecule has 0 heterocycles. The Hall–Kier alpha value is -1.78. The van der Waals surface area contributed by atoms with E-state index in [2.05, 4.69) is 4.84 Å². The lowest BCUT2D eigenvalue weighted by atomic mass is 10.1. The maximum Gasteiger partial charge on any atom is 0.294 e. The van der Waals surface area contributed by atoms with Crippen LogP contribution in [0.5, 0.6) is 5.75 Å². The summed E-state index contributed by atoms with van der Waals surface area (Å²) in [5.74, 6) is 0.791. The van der Waals surface area contributed by atoms with Crippen LogP contribution in [0.3, 0.4) is 0 Å². The molecular formula is C14H21NO4. The predicted molar refractivity (Wildman–Crippen MR) is 72.7 cm³/mol. The van der Waals surface area contributed by atoms with Crippen molar-refractivity contribution >= 4 is 0 Å². The van der Waals surface area contributed by atoms with Gasteiger partial charge in [-0.1, -0.05) is 19.1 Å². The molecule has 106 valence electrons. The zero-order valence-electron chi connectivity index (χ0n) is 11.9. The highest BCUT2D eigenvalue weighted by molar-refractivity contribution is 5.28. The van der Waals surface area contributed by atoms with E-state index in [-0.39, 0.29) is 5.60 Å². The summed E-state index contributed by atoms with van der Waals surface area (Å²) >= 11 is 0. The number of hydrogen-bond acceptors (Lipinski definition) is 4. The molecule has 0 saturated carbocycles. The molecule has 1 atom stereocenters. The first-order valence-corrected chi connectivity index (χ1v) is 6.39. The lowest BCUT2D eigenvalue weighted by Crippen LogP contribution is -2.23. The molecule has 0 N–H and O–H groups in total. The van der Waals surface area contributed by atoms with Crippen molar-refractivity contribution in [1.29, 1.82) is 0 Å². The lowest BCUT2D eigenvalue weighted by molar-refractivity contribution is -0.768. The molecule has 0 radical (unpaired) electrons. The van der Waals surface area contributed by atoms with Crippen LogP contribution in [0.2, 0.25) is 0 Å². The first-order valence-electron chi connectivity index (χ1n) is 6.39. The van der Waals surface area contributed by atoms with Crippen molar-refractivity contribution in [3.05, 3.63) is 39.9 Å². The van der Waals surface area contributed by atoms with Crippen LogP contribution < -0.4 is 4.74 Å². The molecule has 0 aliphatic heterocycles. The van der Waals surface area contributed by atoms with Crippen molar-refractivity contribution in [3.63, 3.8) is 0 Å². The van der Waals surface area contributed by atoms with Gasteiger partial charge >= 0.3 is 0 Å². The molecule has 1 aromatic carbocycles. The molecule has 1 rings (SSSR count). The Balaban J connectivity index is 2.63. The third-order valence-electron chi connectivity index (χ3n) is 2.50. The topological polar surface area (TPSA) is 61.6 Å². The summed E-state index contributed by atoms with van der Waals surface area (Å²) < 4.78 is 5.71. The number of ether oxygens (including phenoxy) is 1. The molecule has 0 aliphatic carbocycles. The van der Waals surface area contributed by atoms with Gasteiger partial charge in [-0.05, 0) is 51.3 Å². The molecule has 1 unspecified atom stereocenters. The van der Waals surface area contributed by atoms with Crippen molar-refractivity contribution in [3.8, 4) is 5.75 Å². The largest absolute Gasteiger partial charge is 0.488 e. The van der Waals surface area contributed by atoms with Crippen molar-refractivity contribution < 1.29 is 14.7 Å². The van der Waals surface area contributed by atoms with Gasteiger partial charge in [0.05, 0.1) is 0 Å². The van der Waals surface area contributed by atoms with E-state index in [0.29, 0.717) is 12.8 Å². The Morgan fingerprint density at radius 2 is 1.84 bits per heavy atom. The smallest absolute Gasteiger partial charge is 0.294 e. The Kier molecular flexibility index (Phi) is 5.15. The van der Waals surface area contributed by atoms with Crippen molar-refractivity contribution in [2.45, 2.75) is 52.2 Å². The van der Waals surface area contributed by atoms with Crippen LogP contribution in [0.4, 0.5) is 0 Å². The minimum atomic E-state index is -0.731. The van der Waals surface area contributed by atoms with E-state index < -0.39 is 11.2 Å². The third kappa shape index (κ3) is 6.08. The zero-order chi connectivity index (χ0) is 14.5. The quantitative estimate of drug-likeness (QED) is 0.585. The normalized spacial score (nSPS) is 12.8. The lowest BCUT2D eigenvalue weighted by Gasteiger charge is -2.21. The van der Waals surface area contributed by atoms with Crippen LogP contribution in [0, 0.1) is 10.1 Å². The number of hydrogen-bond donors (Lipinski definition) is 0. The van der Waals surface area contributed by atoms with Gasteiger partial charge in [-0.2, -0.15) is 0 Å². The van der Waals surface area contributed by atoms with E-state index >= 15 is 0 Å². The summed E-state index contributed by atoms with van der Waals surface area (Å²) in [7, 11) is 0. The van der Waals surface area contributed by atoms with E-state index in [0.717, 1.165) is 11.3 Å². The molecule has 0 fully saturated rings. The summed E-state index contributed by atoms with van der Waals surface area (Å²) in [5.41, 5.74) is 0.761. The molecule has 0 spiro atoms. The average molecular weight is 267 g/mol. The molecule has 1 aromatic rings. The van der Waals surface area contributed by atoms with Gasteiger partial charge < -0.3 is 9.57 Å². The summed E-state index contributed by atoms with van der Waals surface area (Å²) in [6.07, 6.45) is 0.721. The molecule has 5 nitrogen and oxygen atoms in total. The predicted octanol–water partition coefficient (Wildman–Crippen LogP) is 3.39. The number of rotatable bonds is 6. The Morgan fingerprint density at radius 1 is 1.26 bits per heavy atom.